The molecule has 0 aromatic carbocycles. The van der Waals surface area contributed by atoms with Crippen LogP contribution in [0.15, 0.2) is 18.6 Å². The lowest BCUT2D eigenvalue weighted by Crippen LogP contribution is -2.27. The molecule has 106 valence electrons. The molecule has 20 heavy (non-hydrogen) atoms. The molecule has 0 radical (unpaired) electrons. The van der Waals surface area contributed by atoms with Gasteiger partial charge in [0, 0.05) is 18.3 Å². The summed E-state index contributed by atoms with van der Waals surface area (Å²) in [6.45, 7) is 4.20. The van der Waals surface area contributed by atoms with Gasteiger partial charge < -0.3 is 15.7 Å². The molecule has 0 fully saturated rings. The highest BCUT2D eigenvalue weighted by atomic mass is 16.1. The Labute approximate surface area is 116 Å². The highest BCUT2D eigenvalue weighted by Crippen LogP contribution is 2.15. The number of nitrogen functional groups attached to an aromatic ring is 1. The molecule has 0 aliphatic rings. The van der Waals surface area contributed by atoms with Gasteiger partial charge in [-0.2, -0.15) is 0 Å². The molecule has 1 amide bonds. The van der Waals surface area contributed by atoms with Crippen LogP contribution in [0, 0.1) is 0 Å². The lowest BCUT2D eigenvalue weighted by atomic mass is 10.2. The summed E-state index contributed by atoms with van der Waals surface area (Å²) in [6, 6.07) is 0. The van der Waals surface area contributed by atoms with Gasteiger partial charge in [-0.15, -0.1) is 0 Å². The number of hydrogen-bond acceptors (Lipinski definition) is 6. The Morgan fingerprint density at radius 2 is 2.25 bits per heavy atom. The Morgan fingerprint density at radius 3 is 2.85 bits per heavy atom. The summed E-state index contributed by atoms with van der Waals surface area (Å²) in [4.78, 5) is 27.5. The molecule has 0 saturated heterocycles. The summed E-state index contributed by atoms with van der Waals surface area (Å²) in [5, 5.41) is 2.72. The summed E-state index contributed by atoms with van der Waals surface area (Å²) >= 11 is 0. The molecule has 0 atom stereocenters. The number of anilines is 1. The summed E-state index contributed by atoms with van der Waals surface area (Å²) < 4.78 is 0. The van der Waals surface area contributed by atoms with Crippen LogP contribution in [0.5, 0.6) is 0 Å². The van der Waals surface area contributed by atoms with Crippen molar-refractivity contribution in [2.45, 2.75) is 26.3 Å². The van der Waals surface area contributed by atoms with Gasteiger partial charge in [-0.1, -0.05) is 13.8 Å². The van der Waals surface area contributed by atoms with Crippen LogP contribution in [-0.4, -0.2) is 25.8 Å². The van der Waals surface area contributed by atoms with Gasteiger partial charge >= 0.3 is 0 Å². The number of H-pyrrole nitrogens is 1. The van der Waals surface area contributed by atoms with Crippen molar-refractivity contribution in [3.63, 3.8) is 0 Å². The summed E-state index contributed by atoms with van der Waals surface area (Å²) in [5.41, 5.74) is 3.03. The van der Waals surface area contributed by atoms with E-state index in [2.05, 4.69) is 30.7 Å². The number of rotatable bonds is 5. The van der Waals surface area contributed by atoms with Crippen molar-refractivity contribution in [2.75, 3.05) is 5.43 Å². The zero-order valence-corrected chi connectivity index (χ0v) is 11.3. The van der Waals surface area contributed by atoms with E-state index in [0.29, 0.717) is 17.3 Å². The van der Waals surface area contributed by atoms with Crippen LogP contribution in [0.4, 0.5) is 5.69 Å². The number of amides is 1. The molecule has 2 aromatic rings. The second kappa shape index (κ2) is 6.11. The van der Waals surface area contributed by atoms with Crippen molar-refractivity contribution >= 4 is 11.6 Å². The average Bonchev–Trinajstić information content (AvgIpc) is 2.97. The van der Waals surface area contributed by atoms with E-state index in [4.69, 9.17) is 5.84 Å². The van der Waals surface area contributed by atoms with E-state index >= 15 is 0 Å². The molecule has 0 aliphatic heterocycles. The van der Waals surface area contributed by atoms with Crippen LogP contribution in [0.25, 0.3) is 0 Å². The fraction of sp³-hybridized carbons (Fsp3) is 0.333. The van der Waals surface area contributed by atoms with E-state index in [1.807, 2.05) is 13.8 Å². The highest BCUT2D eigenvalue weighted by molar-refractivity contribution is 5.97. The first-order valence-corrected chi connectivity index (χ1v) is 6.21. The Hall–Kier alpha value is -2.48. The third-order valence-electron chi connectivity index (χ3n) is 2.67. The zero-order valence-electron chi connectivity index (χ0n) is 11.3. The van der Waals surface area contributed by atoms with Crippen LogP contribution in [0.2, 0.25) is 0 Å². The molecule has 0 spiro atoms. The topological polar surface area (TPSA) is 122 Å². The second-order valence-electron chi connectivity index (χ2n) is 4.51. The number of nitrogens with one attached hydrogen (secondary N) is 3. The second-order valence-corrected chi connectivity index (χ2v) is 4.51. The van der Waals surface area contributed by atoms with Gasteiger partial charge in [0.25, 0.3) is 5.91 Å². The minimum absolute atomic E-state index is 0.124. The largest absolute Gasteiger partial charge is 0.347 e. The Balaban J connectivity index is 2.16. The van der Waals surface area contributed by atoms with Crippen molar-refractivity contribution in [1.82, 2.24) is 25.3 Å². The fourth-order valence-corrected chi connectivity index (χ4v) is 1.59. The van der Waals surface area contributed by atoms with E-state index in [1.165, 1.54) is 6.20 Å². The zero-order chi connectivity index (χ0) is 14.5. The number of hydrazine groups is 1. The smallest absolute Gasteiger partial charge is 0.272 e. The first-order valence-electron chi connectivity index (χ1n) is 6.21. The van der Waals surface area contributed by atoms with Crippen molar-refractivity contribution < 1.29 is 4.79 Å². The van der Waals surface area contributed by atoms with Crippen molar-refractivity contribution in [3.8, 4) is 0 Å². The van der Waals surface area contributed by atoms with Gasteiger partial charge in [0.05, 0.1) is 18.4 Å². The first-order chi connectivity index (χ1) is 9.61. The molecule has 2 aromatic heterocycles. The average molecular weight is 275 g/mol. The number of hydrogen-bond donors (Lipinski definition) is 4. The first kappa shape index (κ1) is 13.9. The minimum atomic E-state index is -0.335. The number of nitrogens with two attached hydrogens (primary N) is 1. The van der Waals surface area contributed by atoms with Crippen LogP contribution in [0.1, 0.15) is 41.9 Å². The monoisotopic (exact) mass is 275 g/mol. The Bertz CT molecular complexity index is 579. The third-order valence-corrected chi connectivity index (χ3v) is 2.67. The molecule has 2 heterocycles. The summed E-state index contributed by atoms with van der Waals surface area (Å²) in [5.74, 6) is 6.42. The van der Waals surface area contributed by atoms with Gasteiger partial charge in [-0.3, -0.25) is 10.6 Å². The van der Waals surface area contributed by atoms with Gasteiger partial charge in [0.1, 0.15) is 11.6 Å². The van der Waals surface area contributed by atoms with Gasteiger partial charge in [-0.25, -0.2) is 15.0 Å². The Kier molecular flexibility index (Phi) is 4.26. The van der Waals surface area contributed by atoms with Gasteiger partial charge in [-0.05, 0) is 0 Å². The predicted octanol–water partition coefficient (Wildman–Crippen LogP) is 0.539. The summed E-state index contributed by atoms with van der Waals surface area (Å²) in [7, 11) is 0. The Morgan fingerprint density at radius 1 is 1.45 bits per heavy atom. The third kappa shape index (κ3) is 3.09. The lowest BCUT2D eigenvalue weighted by molar-refractivity contribution is 0.0945. The van der Waals surface area contributed by atoms with Gasteiger partial charge in [0.15, 0.2) is 5.69 Å². The molecule has 0 unspecified atom stereocenters. The van der Waals surface area contributed by atoms with Crippen LogP contribution < -0.4 is 16.6 Å². The molecule has 8 nitrogen and oxygen atoms in total. The van der Waals surface area contributed by atoms with Crippen molar-refractivity contribution in [2.24, 2.45) is 5.84 Å². The number of carbonyl (C=O) groups is 1. The highest BCUT2D eigenvalue weighted by Gasteiger charge is 2.16. The van der Waals surface area contributed by atoms with E-state index in [9.17, 15) is 4.79 Å². The number of aromatic amines is 1. The normalized spacial score (nSPS) is 10.6. The number of carbonyl (C=O) groups excluding carboxylic acids is 1. The van der Waals surface area contributed by atoms with Crippen LogP contribution in [-0.2, 0) is 6.54 Å². The lowest BCUT2D eigenvalue weighted by Gasteiger charge is -2.11. The number of aromatic nitrogens is 4. The predicted molar refractivity (Wildman–Crippen MR) is 73.7 cm³/mol. The molecule has 8 heteroatoms. The van der Waals surface area contributed by atoms with Gasteiger partial charge in [0.2, 0.25) is 0 Å². The molecular weight excluding hydrogens is 258 g/mol. The van der Waals surface area contributed by atoms with E-state index < -0.39 is 0 Å². The summed E-state index contributed by atoms with van der Waals surface area (Å²) in [6.07, 6.45) is 4.82. The maximum Gasteiger partial charge on any atom is 0.272 e. The molecule has 0 aliphatic carbocycles. The standard InChI is InChI=1S/C12H17N7O/c1-7(2)11-16-5-8(19-13)10(18-11)12(20)17-6-9-14-3-4-15-9/h3-5,7,19H,6,13H2,1-2H3,(H,14,15)(H,17,20). The van der Waals surface area contributed by atoms with Crippen molar-refractivity contribution in [1.29, 1.82) is 0 Å². The molecule has 0 saturated carbocycles. The van der Waals surface area contributed by atoms with Crippen LogP contribution in [0.3, 0.4) is 0 Å². The van der Waals surface area contributed by atoms with E-state index in [-0.39, 0.29) is 24.1 Å². The van der Waals surface area contributed by atoms with E-state index in [0.717, 1.165) is 0 Å². The van der Waals surface area contributed by atoms with E-state index in [1.54, 1.807) is 12.4 Å². The molecular formula is C12H17N7O. The van der Waals surface area contributed by atoms with Crippen molar-refractivity contribution in [3.05, 3.63) is 35.9 Å². The molecule has 2 rings (SSSR count). The fourth-order valence-electron chi connectivity index (χ4n) is 1.59. The van der Waals surface area contributed by atoms with Crippen LogP contribution >= 0.6 is 0 Å². The maximum atomic E-state index is 12.2. The number of nitrogens with zero attached hydrogens (tertiary/aromatic N) is 3. The molecule has 5 N–H and O–H groups in total. The minimum Gasteiger partial charge on any atom is -0.347 e. The molecule has 0 bridgehead atoms. The quantitative estimate of drug-likeness (QED) is 0.466. The number of imidazole rings is 1. The maximum absolute atomic E-state index is 12.2. The SMILES string of the molecule is CC(C)c1ncc(NN)c(C(=O)NCc2ncc[nH]2)n1.